The summed E-state index contributed by atoms with van der Waals surface area (Å²) in [6, 6.07) is 9.88. The van der Waals surface area contributed by atoms with E-state index in [1.165, 1.54) is 36.9 Å². The van der Waals surface area contributed by atoms with E-state index in [0.717, 1.165) is 6.54 Å². The maximum Gasteiger partial charge on any atom is 0.0292 e. The lowest BCUT2D eigenvalue weighted by Crippen LogP contribution is -2.42. The molecule has 0 amide bonds. The molecule has 0 radical (unpaired) electrons. The first-order chi connectivity index (χ1) is 8.25. The van der Waals surface area contributed by atoms with E-state index in [1.807, 2.05) is 0 Å². The molecule has 0 aliphatic carbocycles. The fourth-order valence-corrected chi connectivity index (χ4v) is 2.47. The molecule has 1 aliphatic heterocycles. The number of hydrogen-bond acceptors (Lipinski definition) is 2. The van der Waals surface area contributed by atoms with Crippen molar-refractivity contribution < 1.29 is 0 Å². The standard InChI is InChI=1S/C15H24N2/c1-12-6-5-7-14(10-12)13(2)17-11-15-8-3-4-9-16-15/h5-7,10,13,15-17H,3-4,8-9,11H2,1-2H3/t13-,15?/m0/s1. The van der Waals surface area contributed by atoms with Gasteiger partial charge in [-0.3, -0.25) is 0 Å². The van der Waals surface area contributed by atoms with E-state index in [4.69, 9.17) is 0 Å². The Labute approximate surface area is 105 Å². The van der Waals surface area contributed by atoms with E-state index in [2.05, 4.69) is 48.7 Å². The topological polar surface area (TPSA) is 24.1 Å². The molecule has 2 atom stereocenters. The molecule has 94 valence electrons. The van der Waals surface area contributed by atoms with E-state index in [9.17, 15) is 0 Å². The van der Waals surface area contributed by atoms with Crippen LogP contribution in [-0.4, -0.2) is 19.1 Å². The minimum absolute atomic E-state index is 0.443. The van der Waals surface area contributed by atoms with Gasteiger partial charge in [0, 0.05) is 18.6 Å². The molecule has 1 saturated heterocycles. The Kier molecular flexibility index (Phi) is 4.57. The van der Waals surface area contributed by atoms with Crippen LogP contribution in [0.2, 0.25) is 0 Å². The minimum Gasteiger partial charge on any atom is -0.313 e. The first-order valence-corrected chi connectivity index (χ1v) is 6.79. The molecule has 0 aromatic heterocycles. The normalized spacial score (nSPS) is 22.4. The van der Waals surface area contributed by atoms with Gasteiger partial charge in [0.1, 0.15) is 0 Å². The molecule has 1 aromatic carbocycles. The maximum atomic E-state index is 3.63. The molecule has 17 heavy (non-hydrogen) atoms. The van der Waals surface area contributed by atoms with Gasteiger partial charge in [-0.2, -0.15) is 0 Å². The molecule has 0 spiro atoms. The average molecular weight is 232 g/mol. The number of hydrogen-bond donors (Lipinski definition) is 2. The molecule has 1 aliphatic rings. The first kappa shape index (κ1) is 12.6. The van der Waals surface area contributed by atoms with Gasteiger partial charge in [-0.15, -0.1) is 0 Å². The van der Waals surface area contributed by atoms with Crippen molar-refractivity contribution in [3.05, 3.63) is 35.4 Å². The van der Waals surface area contributed by atoms with Crippen molar-refractivity contribution in [2.45, 2.75) is 45.2 Å². The monoisotopic (exact) mass is 232 g/mol. The van der Waals surface area contributed by atoms with Crippen LogP contribution < -0.4 is 10.6 Å². The van der Waals surface area contributed by atoms with Gasteiger partial charge in [0.15, 0.2) is 0 Å². The third kappa shape index (κ3) is 3.83. The molecule has 0 bridgehead atoms. The summed E-state index contributed by atoms with van der Waals surface area (Å²) in [6.07, 6.45) is 4.02. The third-order valence-corrected chi connectivity index (χ3v) is 3.62. The van der Waals surface area contributed by atoms with Gasteiger partial charge in [0.05, 0.1) is 0 Å². The highest BCUT2D eigenvalue weighted by molar-refractivity contribution is 5.24. The average Bonchev–Trinajstić information content (AvgIpc) is 2.37. The van der Waals surface area contributed by atoms with Gasteiger partial charge in [0.25, 0.3) is 0 Å². The largest absolute Gasteiger partial charge is 0.313 e. The zero-order valence-electron chi connectivity index (χ0n) is 11.0. The molecule has 0 saturated carbocycles. The van der Waals surface area contributed by atoms with Gasteiger partial charge in [0.2, 0.25) is 0 Å². The minimum atomic E-state index is 0.443. The van der Waals surface area contributed by atoms with Crippen LogP contribution in [0, 0.1) is 6.92 Å². The van der Waals surface area contributed by atoms with Gasteiger partial charge in [-0.25, -0.2) is 0 Å². The number of aryl methyl sites for hydroxylation is 1. The van der Waals surface area contributed by atoms with Crippen LogP contribution in [0.4, 0.5) is 0 Å². The number of piperidine rings is 1. The van der Waals surface area contributed by atoms with Crippen molar-refractivity contribution in [1.29, 1.82) is 0 Å². The summed E-state index contributed by atoms with van der Waals surface area (Å²) >= 11 is 0. The number of nitrogens with one attached hydrogen (secondary N) is 2. The van der Waals surface area contributed by atoms with E-state index in [1.54, 1.807) is 0 Å². The van der Waals surface area contributed by atoms with Gasteiger partial charge in [-0.05, 0) is 38.8 Å². The van der Waals surface area contributed by atoms with Crippen LogP contribution in [-0.2, 0) is 0 Å². The molecule has 1 heterocycles. The summed E-state index contributed by atoms with van der Waals surface area (Å²) in [5.41, 5.74) is 2.73. The van der Waals surface area contributed by atoms with Gasteiger partial charge in [-0.1, -0.05) is 36.2 Å². The summed E-state index contributed by atoms with van der Waals surface area (Å²) in [5, 5.41) is 7.21. The van der Waals surface area contributed by atoms with Crippen LogP contribution in [0.25, 0.3) is 0 Å². The van der Waals surface area contributed by atoms with Crippen LogP contribution in [0.15, 0.2) is 24.3 Å². The van der Waals surface area contributed by atoms with E-state index in [-0.39, 0.29) is 0 Å². The second-order valence-electron chi connectivity index (χ2n) is 5.19. The Hall–Kier alpha value is -0.860. The molecule has 1 fully saturated rings. The summed E-state index contributed by atoms with van der Waals surface area (Å²) in [6.45, 7) is 6.66. The summed E-state index contributed by atoms with van der Waals surface area (Å²) in [7, 11) is 0. The Balaban J connectivity index is 1.82. The van der Waals surface area contributed by atoms with Crippen molar-refractivity contribution in [1.82, 2.24) is 10.6 Å². The van der Waals surface area contributed by atoms with E-state index in [0.29, 0.717) is 12.1 Å². The van der Waals surface area contributed by atoms with E-state index >= 15 is 0 Å². The lowest BCUT2D eigenvalue weighted by molar-refractivity contribution is 0.371. The quantitative estimate of drug-likeness (QED) is 0.834. The smallest absolute Gasteiger partial charge is 0.0292 e. The molecule has 2 rings (SSSR count). The molecule has 2 heteroatoms. The summed E-state index contributed by atoms with van der Waals surface area (Å²) in [5.74, 6) is 0. The number of rotatable bonds is 4. The molecule has 1 unspecified atom stereocenters. The SMILES string of the molecule is Cc1cccc([C@H](C)NCC2CCCCN2)c1. The highest BCUT2D eigenvalue weighted by Crippen LogP contribution is 2.14. The molecular weight excluding hydrogens is 208 g/mol. The highest BCUT2D eigenvalue weighted by Gasteiger charge is 2.13. The van der Waals surface area contributed by atoms with Crippen molar-refractivity contribution in [3.63, 3.8) is 0 Å². The fourth-order valence-electron chi connectivity index (χ4n) is 2.47. The van der Waals surface area contributed by atoms with Gasteiger partial charge >= 0.3 is 0 Å². The Morgan fingerprint density at radius 3 is 3.00 bits per heavy atom. The lowest BCUT2D eigenvalue weighted by Gasteiger charge is -2.25. The number of benzene rings is 1. The van der Waals surface area contributed by atoms with E-state index < -0.39 is 0 Å². The lowest BCUT2D eigenvalue weighted by atomic mass is 10.0. The second-order valence-corrected chi connectivity index (χ2v) is 5.19. The molecule has 2 N–H and O–H groups in total. The van der Waals surface area contributed by atoms with Crippen LogP contribution >= 0.6 is 0 Å². The zero-order valence-corrected chi connectivity index (χ0v) is 11.0. The fraction of sp³-hybridized carbons (Fsp3) is 0.600. The van der Waals surface area contributed by atoms with Crippen molar-refractivity contribution in [2.75, 3.05) is 13.1 Å². The Morgan fingerprint density at radius 1 is 1.41 bits per heavy atom. The van der Waals surface area contributed by atoms with Gasteiger partial charge < -0.3 is 10.6 Å². The first-order valence-electron chi connectivity index (χ1n) is 6.79. The molecular formula is C15H24N2. The second kappa shape index (κ2) is 6.18. The summed E-state index contributed by atoms with van der Waals surface area (Å²) in [4.78, 5) is 0. The Bertz CT molecular complexity index is 343. The predicted octanol–water partition coefficient (Wildman–Crippen LogP) is 2.79. The van der Waals surface area contributed by atoms with Crippen LogP contribution in [0.3, 0.4) is 0 Å². The van der Waals surface area contributed by atoms with Crippen LogP contribution in [0.5, 0.6) is 0 Å². The van der Waals surface area contributed by atoms with Crippen molar-refractivity contribution in [3.8, 4) is 0 Å². The van der Waals surface area contributed by atoms with Crippen molar-refractivity contribution in [2.24, 2.45) is 0 Å². The molecule has 2 nitrogen and oxygen atoms in total. The Morgan fingerprint density at radius 2 is 2.29 bits per heavy atom. The van der Waals surface area contributed by atoms with Crippen molar-refractivity contribution >= 4 is 0 Å². The summed E-state index contributed by atoms with van der Waals surface area (Å²) < 4.78 is 0. The third-order valence-electron chi connectivity index (χ3n) is 3.62. The molecule has 1 aromatic rings. The predicted molar refractivity (Wildman–Crippen MR) is 73.2 cm³/mol. The highest BCUT2D eigenvalue weighted by atomic mass is 15.0. The zero-order chi connectivity index (χ0) is 12.1. The maximum absolute atomic E-state index is 3.63. The van der Waals surface area contributed by atoms with Crippen LogP contribution in [0.1, 0.15) is 43.4 Å².